The number of sulfonamides is 1. The molecule has 2 aromatic rings. The molecular formula is C19H24N2O4S2. The first-order valence-corrected chi connectivity index (χ1v) is 11.2. The molecule has 2 N–H and O–H groups in total. The number of amides is 1. The van der Waals surface area contributed by atoms with Gasteiger partial charge in [0.15, 0.2) is 6.61 Å². The Morgan fingerprint density at radius 3 is 2.44 bits per heavy atom. The lowest BCUT2D eigenvalue weighted by Crippen LogP contribution is -2.31. The van der Waals surface area contributed by atoms with Crippen molar-refractivity contribution in [2.75, 3.05) is 18.2 Å². The maximum atomic E-state index is 12.2. The van der Waals surface area contributed by atoms with Gasteiger partial charge < -0.3 is 10.1 Å². The van der Waals surface area contributed by atoms with Crippen LogP contribution in [0.3, 0.4) is 0 Å². The maximum Gasteiger partial charge on any atom is 0.262 e. The maximum absolute atomic E-state index is 12.2. The van der Waals surface area contributed by atoms with Gasteiger partial charge in [0.05, 0.1) is 10.6 Å². The molecule has 6 nitrogen and oxygen atoms in total. The highest BCUT2D eigenvalue weighted by molar-refractivity contribution is 7.98. The van der Waals surface area contributed by atoms with Crippen LogP contribution in [0.15, 0.2) is 58.3 Å². The predicted molar refractivity (Wildman–Crippen MR) is 109 cm³/mol. The van der Waals surface area contributed by atoms with Gasteiger partial charge in [-0.15, -0.1) is 11.8 Å². The van der Waals surface area contributed by atoms with Crippen molar-refractivity contribution in [2.45, 2.75) is 36.1 Å². The van der Waals surface area contributed by atoms with E-state index < -0.39 is 10.0 Å². The van der Waals surface area contributed by atoms with Crippen LogP contribution in [-0.2, 0) is 14.8 Å². The van der Waals surface area contributed by atoms with Crippen molar-refractivity contribution < 1.29 is 17.9 Å². The van der Waals surface area contributed by atoms with E-state index in [1.165, 1.54) is 24.3 Å². The smallest absolute Gasteiger partial charge is 0.262 e. The van der Waals surface area contributed by atoms with Gasteiger partial charge in [-0.05, 0) is 56.0 Å². The summed E-state index contributed by atoms with van der Waals surface area (Å²) in [6.45, 7) is 3.55. The van der Waals surface area contributed by atoms with Crippen molar-refractivity contribution in [1.29, 1.82) is 0 Å². The zero-order chi connectivity index (χ0) is 19.9. The molecule has 0 unspecified atom stereocenters. The SMILES string of the molecule is CC[C@@H](C)NS(=O)(=O)c1ccc(OCC(=O)Nc2ccccc2SC)cc1. The quantitative estimate of drug-likeness (QED) is 0.621. The van der Waals surface area contributed by atoms with Crippen molar-refractivity contribution in [1.82, 2.24) is 4.72 Å². The summed E-state index contributed by atoms with van der Waals surface area (Å²) in [6.07, 6.45) is 2.64. The Kier molecular flexibility index (Phi) is 7.70. The number of thioether (sulfide) groups is 1. The molecule has 0 aliphatic rings. The van der Waals surface area contributed by atoms with E-state index in [1.807, 2.05) is 44.4 Å². The predicted octanol–water partition coefficient (Wildman–Crippen LogP) is 3.50. The zero-order valence-electron chi connectivity index (χ0n) is 15.6. The molecule has 0 fully saturated rings. The highest BCUT2D eigenvalue weighted by Crippen LogP contribution is 2.24. The average Bonchev–Trinajstić information content (AvgIpc) is 2.66. The van der Waals surface area contributed by atoms with Crippen LogP contribution in [0, 0.1) is 0 Å². The summed E-state index contributed by atoms with van der Waals surface area (Å²) in [7, 11) is -3.56. The summed E-state index contributed by atoms with van der Waals surface area (Å²) in [5.41, 5.74) is 0.733. The Morgan fingerprint density at radius 2 is 1.81 bits per heavy atom. The Balaban J connectivity index is 1.94. The third-order valence-electron chi connectivity index (χ3n) is 3.85. The van der Waals surface area contributed by atoms with Gasteiger partial charge in [-0.2, -0.15) is 0 Å². The molecule has 0 heterocycles. The van der Waals surface area contributed by atoms with Crippen LogP contribution in [0.25, 0.3) is 0 Å². The molecule has 0 aromatic heterocycles. The molecular weight excluding hydrogens is 384 g/mol. The summed E-state index contributed by atoms with van der Waals surface area (Å²) >= 11 is 1.54. The first-order valence-electron chi connectivity index (χ1n) is 8.53. The molecule has 2 rings (SSSR count). The van der Waals surface area contributed by atoms with Gasteiger partial charge in [0.25, 0.3) is 5.91 Å². The fourth-order valence-corrected chi connectivity index (χ4v) is 4.09. The third kappa shape index (κ3) is 6.27. The molecule has 1 amide bonds. The summed E-state index contributed by atoms with van der Waals surface area (Å²) in [6, 6.07) is 13.4. The van der Waals surface area contributed by atoms with E-state index in [0.29, 0.717) is 12.2 Å². The standard InChI is InChI=1S/C19H24N2O4S2/c1-4-14(2)21-27(23,24)16-11-9-15(10-12-16)25-13-19(22)20-17-7-5-6-8-18(17)26-3/h5-12,14,21H,4,13H2,1-3H3,(H,20,22)/t14-/m1/s1. The number of hydrogen-bond donors (Lipinski definition) is 2. The fraction of sp³-hybridized carbons (Fsp3) is 0.316. The molecule has 0 saturated carbocycles. The van der Waals surface area contributed by atoms with Crippen LogP contribution in [0.4, 0.5) is 5.69 Å². The van der Waals surface area contributed by atoms with Crippen LogP contribution in [0.1, 0.15) is 20.3 Å². The Labute approximate surface area is 164 Å². The summed E-state index contributed by atoms with van der Waals surface area (Å²) in [4.78, 5) is 13.2. The number of benzene rings is 2. The highest BCUT2D eigenvalue weighted by Gasteiger charge is 2.16. The molecule has 1 atom stereocenters. The summed E-state index contributed by atoms with van der Waals surface area (Å²) in [5, 5.41) is 2.80. The molecule has 0 radical (unpaired) electrons. The summed E-state index contributed by atoms with van der Waals surface area (Å²) < 4.78 is 32.5. The monoisotopic (exact) mass is 408 g/mol. The van der Waals surface area contributed by atoms with E-state index >= 15 is 0 Å². The zero-order valence-corrected chi connectivity index (χ0v) is 17.2. The van der Waals surface area contributed by atoms with E-state index in [2.05, 4.69) is 10.0 Å². The van der Waals surface area contributed by atoms with E-state index in [4.69, 9.17) is 4.74 Å². The number of hydrogen-bond acceptors (Lipinski definition) is 5. The molecule has 8 heteroatoms. The number of nitrogens with one attached hydrogen (secondary N) is 2. The Hall–Kier alpha value is -2.03. The fourth-order valence-electron chi connectivity index (χ4n) is 2.21. The van der Waals surface area contributed by atoms with Gasteiger partial charge in [-0.1, -0.05) is 19.1 Å². The molecule has 0 saturated heterocycles. The van der Waals surface area contributed by atoms with Gasteiger partial charge in [0.1, 0.15) is 5.75 Å². The van der Waals surface area contributed by atoms with E-state index in [0.717, 1.165) is 10.6 Å². The lowest BCUT2D eigenvalue weighted by molar-refractivity contribution is -0.118. The van der Waals surface area contributed by atoms with Gasteiger partial charge in [-0.3, -0.25) is 4.79 Å². The molecule has 0 bridgehead atoms. The van der Waals surface area contributed by atoms with Gasteiger partial charge in [-0.25, -0.2) is 13.1 Å². The Bertz CT molecular complexity index is 868. The van der Waals surface area contributed by atoms with Crippen LogP contribution in [0.2, 0.25) is 0 Å². The molecule has 0 aliphatic carbocycles. The largest absolute Gasteiger partial charge is 0.484 e. The second kappa shape index (κ2) is 9.77. The minimum Gasteiger partial charge on any atom is -0.484 e. The van der Waals surface area contributed by atoms with Crippen molar-refractivity contribution in [3.63, 3.8) is 0 Å². The summed E-state index contributed by atoms with van der Waals surface area (Å²) in [5.74, 6) is 0.137. The number of para-hydroxylation sites is 1. The number of ether oxygens (including phenoxy) is 1. The van der Waals surface area contributed by atoms with Crippen LogP contribution in [-0.4, -0.2) is 33.2 Å². The van der Waals surface area contributed by atoms with Crippen LogP contribution >= 0.6 is 11.8 Å². The van der Waals surface area contributed by atoms with Crippen molar-refractivity contribution in [2.24, 2.45) is 0 Å². The number of rotatable bonds is 9. The van der Waals surface area contributed by atoms with E-state index in [-0.39, 0.29) is 23.5 Å². The first-order chi connectivity index (χ1) is 12.9. The van der Waals surface area contributed by atoms with E-state index in [9.17, 15) is 13.2 Å². The third-order valence-corrected chi connectivity index (χ3v) is 6.25. The minimum absolute atomic E-state index is 0.140. The van der Waals surface area contributed by atoms with Crippen molar-refractivity contribution in [3.8, 4) is 5.75 Å². The molecule has 0 aliphatic heterocycles. The molecule has 0 spiro atoms. The lowest BCUT2D eigenvalue weighted by atomic mass is 10.3. The number of carbonyl (C=O) groups is 1. The Morgan fingerprint density at radius 1 is 1.15 bits per heavy atom. The van der Waals surface area contributed by atoms with Crippen LogP contribution < -0.4 is 14.8 Å². The minimum atomic E-state index is -3.56. The number of anilines is 1. The van der Waals surface area contributed by atoms with Crippen molar-refractivity contribution >= 4 is 33.4 Å². The molecule has 146 valence electrons. The van der Waals surface area contributed by atoms with Crippen LogP contribution in [0.5, 0.6) is 5.75 Å². The second-order valence-electron chi connectivity index (χ2n) is 5.94. The molecule has 27 heavy (non-hydrogen) atoms. The highest BCUT2D eigenvalue weighted by atomic mass is 32.2. The van der Waals surface area contributed by atoms with Crippen molar-refractivity contribution in [3.05, 3.63) is 48.5 Å². The molecule has 2 aromatic carbocycles. The van der Waals surface area contributed by atoms with Gasteiger partial charge >= 0.3 is 0 Å². The second-order valence-corrected chi connectivity index (χ2v) is 8.50. The normalized spacial score (nSPS) is 12.4. The van der Waals surface area contributed by atoms with E-state index in [1.54, 1.807) is 11.8 Å². The van der Waals surface area contributed by atoms with Gasteiger partial charge in [0.2, 0.25) is 10.0 Å². The number of carbonyl (C=O) groups excluding carboxylic acids is 1. The van der Waals surface area contributed by atoms with Gasteiger partial charge in [0, 0.05) is 10.9 Å². The lowest BCUT2D eigenvalue weighted by Gasteiger charge is -2.13. The topological polar surface area (TPSA) is 84.5 Å². The average molecular weight is 409 g/mol. The first kappa shape index (κ1) is 21.3.